The van der Waals surface area contributed by atoms with E-state index in [0.29, 0.717) is 15.0 Å². The summed E-state index contributed by atoms with van der Waals surface area (Å²) in [7, 11) is 0. The van der Waals surface area contributed by atoms with Crippen LogP contribution in [0.1, 0.15) is 15.9 Å². The van der Waals surface area contributed by atoms with Crippen LogP contribution in [0, 0.1) is 12.7 Å². The third kappa shape index (κ3) is 5.35. The fraction of sp³-hybridized carbons (Fsp3) is 0.111. The molecule has 0 aliphatic rings. The predicted octanol–water partition coefficient (Wildman–Crippen LogP) is 3.97. The number of amides is 2. The van der Waals surface area contributed by atoms with E-state index in [1.165, 1.54) is 23.5 Å². The first-order chi connectivity index (χ1) is 13.0. The predicted molar refractivity (Wildman–Crippen MR) is 105 cm³/mol. The van der Waals surface area contributed by atoms with Gasteiger partial charge in [0.25, 0.3) is 5.91 Å². The van der Waals surface area contributed by atoms with E-state index in [2.05, 4.69) is 20.8 Å². The molecule has 27 heavy (non-hydrogen) atoms. The third-order valence-electron chi connectivity index (χ3n) is 3.42. The maximum absolute atomic E-state index is 13.5. The number of aryl methyl sites for hydroxylation is 1. The van der Waals surface area contributed by atoms with E-state index in [4.69, 9.17) is 0 Å². The molecule has 2 amide bonds. The van der Waals surface area contributed by atoms with E-state index in [0.717, 1.165) is 17.3 Å². The quantitative estimate of drug-likeness (QED) is 0.481. The van der Waals surface area contributed by atoms with E-state index in [1.54, 1.807) is 24.3 Å². The molecule has 0 aliphatic carbocycles. The van der Waals surface area contributed by atoms with E-state index >= 15 is 0 Å². The summed E-state index contributed by atoms with van der Waals surface area (Å²) in [4.78, 5) is 24.1. The van der Waals surface area contributed by atoms with Crippen LogP contribution in [0.3, 0.4) is 0 Å². The lowest BCUT2D eigenvalue weighted by Crippen LogP contribution is -2.14. The first-order valence-corrected chi connectivity index (χ1v) is 9.70. The molecule has 0 unspecified atom stereocenters. The van der Waals surface area contributed by atoms with Crippen LogP contribution in [0.15, 0.2) is 52.9 Å². The van der Waals surface area contributed by atoms with E-state index in [1.807, 2.05) is 19.1 Å². The second kappa shape index (κ2) is 8.74. The topological polar surface area (TPSA) is 84.0 Å². The largest absolute Gasteiger partial charge is 0.323 e. The first kappa shape index (κ1) is 19.0. The number of carbonyl (C=O) groups is 2. The molecular formula is C18H15FN4O2S2. The lowest BCUT2D eigenvalue weighted by atomic mass is 10.1. The highest BCUT2D eigenvalue weighted by Crippen LogP contribution is 2.26. The summed E-state index contributed by atoms with van der Waals surface area (Å²) in [5, 5.41) is 13.4. The summed E-state index contributed by atoms with van der Waals surface area (Å²) >= 11 is 2.32. The molecule has 3 aromatic rings. The van der Waals surface area contributed by atoms with Gasteiger partial charge >= 0.3 is 0 Å². The molecule has 2 N–H and O–H groups in total. The minimum Gasteiger partial charge on any atom is -0.323 e. The second-order valence-corrected chi connectivity index (χ2v) is 7.71. The van der Waals surface area contributed by atoms with Gasteiger partial charge in [-0.15, -0.1) is 10.2 Å². The highest BCUT2D eigenvalue weighted by molar-refractivity contribution is 8.01. The SMILES string of the molecule is Cc1ccc(C(=O)Nc2nnc(SCC(=O)Nc3ccccc3F)s2)cc1. The molecule has 0 aliphatic heterocycles. The Balaban J connectivity index is 1.52. The fourth-order valence-electron chi connectivity index (χ4n) is 2.07. The number of hydrogen-bond acceptors (Lipinski definition) is 6. The molecule has 6 nitrogen and oxygen atoms in total. The number of nitrogens with zero attached hydrogens (tertiary/aromatic N) is 2. The smallest absolute Gasteiger partial charge is 0.257 e. The van der Waals surface area contributed by atoms with Crippen molar-refractivity contribution in [2.45, 2.75) is 11.3 Å². The molecule has 138 valence electrons. The van der Waals surface area contributed by atoms with Gasteiger partial charge in [-0.05, 0) is 31.2 Å². The molecule has 0 spiro atoms. The van der Waals surface area contributed by atoms with Crippen molar-refractivity contribution in [1.29, 1.82) is 0 Å². The van der Waals surface area contributed by atoms with Crippen molar-refractivity contribution in [2.75, 3.05) is 16.4 Å². The number of aromatic nitrogens is 2. The van der Waals surface area contributed by atoms with Crippen molar-refractivity contribution in [2.24, 2.45) is 0 Å². The zero-order valence-corrected chi connectivity index (χ0v) is 15.9. The molecule has 0 saturated heterocycles. The maximum atomic E-state index is 13.5. The number of rotatable bonds is 6. The fourth-order valence-corrected chi connectivity index (χ4v) is 3.62. The van der Waals surface area contributed by atoms with Gasteiger partial charge in [-0.2, -0.15) is 0 Å². The highest BCUT2D eigenvalue weighted by Gasteiger charge is 2.12. The minimum absolute atomic E-state index is 0.0505. The molecule has 1 heterocycles. The molecule has 1 aromatic heterocycles. The molecule has 0 atom stereocenters. The van der Waals surface area contributed by atoms with Crippen molar-refractivity contribution in [3.05, 3.63) is 65.5 Å². The molecule has 0 radical (unpaired) electrons. The van der Waals surface area contributed by atoms with Crippen LogP contribution >= 0.6 is 23.1 Å². The van der Waals surface area contributed by atoms with E-state index in [-0.39, 0.29) is 23.3 Å². The normalized spacial score (nSPS) is 10.4. The van der Waals surface area contributed by atoms with Gasteiger partial charge < -0.3 is 5.32 Å². The second-order valence-electron chi connectivity index (χ2n) is 5.51. The van der Waals surface area contributed by atoms with E-state index in [9.17, 15) is 14.0 Å². The van der Waals surface area contributed by atoms with Crippen molar-refractivity contribution < 1.29 is 14.0 Å². The highest BCUT2D eigenvalue weighted by atomic mass is 32.2. The van der Waals surface area contributed by atoms with E-state index < -0.39 is 5.82 Å². The lowest BCUT2D eigenvalue weighted by molar-refractivity contribution is -0.113. The van der Waals surface area contributed by atoms with Crippen LogP contribution in [0.4, 0.5) is 15.2 Å². The first-order valence-electron chi connectivity index (χ1n) is 7.90. The standard InChI is InChI=1S/C18H15FN4O2S2/c1-11-6-8-12(9-7-11)16(25)21-17-22-23-18(27-17)26-10-15(24)20-14-5-3-2-4-13(14)19/h2-9H,10H2,1H3,(H,20,24)(H,21,22,25). The van der Waals surface area contributed by atoms with Crippen LogP contribution in [-0.4, -0.2) is 27.8 Å². The summed E-state index contributed by atoms with van der Waals surface area (Å²) in [6.45, 7) is 1.94. The Hall–Kier alpha value is -2.78. The Morgan fingerprint density at radius 1 is 1.07 bits per heavy atom. The Kier molecular flexibility index (Phi) is 6.15. The number of para-hydroxylation sites is 1. The van der Waals surface area contributed by atoms with Gasteiger partial charge in [0.05, 0.1) is 11.4 Å². The van der Waals surface area contributed by atoms with Gasteiger partial charge in [0.15, 0.2) is 4.34 Å². The summed E-state index contributed by atoms with van der Waals surface area (Å²) in [6, 6.07) is 13.1. The molecule has 0 bridgehead atoms. The Morgan fingerprint density at radius 2 is 1.81 bits per heavy atom. The molecule has 3 rings (SSSR count). The van der Waals surface area contributed by atoms with Crippen molar-refractivity contribution in [3.8, 4) is 0 Å². The maximum Gasteiger partial charge on any atom is 0.257 e. The minimum atomic E-state index is -0.493. The number of hydrogen-bond donors (Lipinski definition) is 2. The Morgan fingerprint density at radius 3 is 2.56 bits per heavy atom. The summed E-state index contributed by atoms with van der Waals surface area (Å²) in [6.07, 6.45) is 0. The Bertz CT molecular complexity index is 960. The average molecular weight is 402 g/mol. The number of carbonyl (C=O) groups excluding carboxylic acids is 2. The Labute approximate surface area is 163 Å². The molecular weight excluding hydrogens is 387 g/mol. The number of thioether (sulfide) groups is 1. The third-order valence-corrected chi connectivity index (χ3v) is 5.39. The number of nitrogens with one attached hydrogen (secondary N) is 2. The van der Waals surface area contributed by atoms with Gasteiger partial charge in [-0.25, -0.2) is 4.39 Å². The zero-order valence-electron chi connectivity index (χ0n) is 14.2. The van der Waals surface area contributed by atoms with Crippen molar-refractivity contribution >= 4 is 45.7 Å². The van der Waals surface area contributed by atoms with Crippen LogP contribution in [0.25, 0.3) is 0 Å². The molecule has 9 heteroatoms. The van der Waals surface area contributed by atoms with Gasteiger partial charge in [0.2, 0.25) is 11.0 Å². The van der Waals surface area contributed by atoms with Crippen molar-refractivity contribution in [1.82, 2.24) is 10.2 Å². The van der Waals surface area contributed by atoms with Crippen LogP contribution < -0.4 is 10.6 Å². The number of benzene rings is 2. The molecule has 2 aromatic carbocycles. The summed E-state index contributed by atoms with van der Waals surface area (Å²) in [5.74, 6) is -1.08. The summed E-state index contributed by atoms with van der Waals surface area (Å²) < 4.78 is 14.0. The van der Waals surface area contributed by atoms with Crippen LogP contribution in [0.2, 0.25) is 0 Å². The van der Waals surface area contributed by atoms with Gasteiger partial charge in [-0.3, -0.25) is 14.9 Å². The monoisotopic (exact) mass is 402 g/mol. The lowest BCUT2D eigenvalue weighted by Gasteiger charge is -2.04. The summed E-state index contributed by atoms with van der Waals surface area (Å²) in [5.41, 5.74) is 1.72. The molecule has 0 fully saturated rings. The van der Waals surface area contributed by atoms with Gasteiger partial charge in [-0.1, -0.05) is 52.9 Å². The van der Waals surface area contributed by atoms with Crippen LogP contribution in [-0.2, 0) is 4.79 Å². The zero-order chi connectivity index (χ0) is 19.2. The van der Waals surface area contributed by atoms with Crippen LogP contribution in [0.5, 0.6) is 0 Å². The number of halogens is 1. The van der Waals surface area contributed by atoms with Gasteiger partial charge in [0.1, 0.15) is 5.82 Å². The van der Waals surface area contributed by atoms with Crippen molar-refractivity contribution in [3.63, 3.8) is 0 Å². The average Bonchev–Trinajstić information content (AvgIpc) is 3.10. The van der Waals surface area contributed by atoms with Gasteiger partial charge in [0, 0.05) is 5.56 Å². The number of anilines is 2. The molecule has 0 saturated carbocycles.